The Hall–Kier alpha value is -1.41. The summed E-state index contributed by atoms with van der Waals surface area (Å²) in [7, 11) is -3.51. The molecular formula is C18H21ClN2O3S2. The van der Waals surface area contributed by atoms with Crippen molar-refractivity contribution in [1.82, 2.24) is 9.62 Å². The van der Waals surface area contributed by atoms with E-state index in [2.05, 4.69) is 5.32 Å². The minimum absolute atomic E-state index is 0.232. The first-order valence-electron chi connectivity index (χ1n) is 8.59. The molecule has 1 amide bonds. The molecule has 1 aliphatic rings. The molecular weight excluding hydrogens is 392 g/mol. The summed E-state index contributed by atoms with van der Waals surface area (Å²) in [6.45, 7) is 1.47. The second kappa shape index (κ2) is 8.52. The molecule has 1 aliphatic heterocycles. The van der Waals surface area contributed by atoms with Crippen molar-refractivity contribution in [2.24, 2.45) is 0 Å². The molecule has 2 aromatic rings. The summed E-state index contributed by atoms with van der Waals surface area (Å²) in [6, 6.07) is 10.3. The number of carbonyl (C=O) groups is 1. The zero-order chi connectivity index (χ0) is 18.6. The summed E-state index contributed by atoms with van der Waals surface area (Å²) in [5.41, 5.74) is 0.928. The summed E-state index contributed by atoms with van der Waals surface area (Å²) >= 11 is 6.87. The lowest BCUT2D eigenvalue weighted by Crippen LogP contribution is -2.31. The van der Waals surface area contributed by atoms with Crippen LogP contribution in [0.2, 0.25) is 5.02 Å². The summed E-state index contributed by atoms with van der Waals surface area (Å²) < 4.78 is 27.3. The third kappa shape index (κ3) is 4.65. The van der Waals surface area contributed by atoms with Gasteiger partial charge in [-0.3, -0.25) is 4.79 Å². The first-order chi connectivity index (χ1) is 12.5. The Morgan fingerprint density at radius 3 is 2.35 bits per heavy atom. The topological polar surface area (TPSA) is 66.5 Å². The second-order valence-corrected chi connectivity index (χ2v) is 9.93. The molecule has 0 unspecified atom stereocenters. The maximum absolute atomic E-state index is 12.8. The van der Waals surface area contributed by atoms with Crippen molar-refractivity contribution >= 4 is 38.9 Å². The monoisotopic (exact) mass is 412 g/mol. The minimum Gasteiger partial charge on any atom is -0.347 e. The molecule has 0 saturated carbocycles. The van der Waals surface area contributed by atoms with Crippen molar-refractivity contribution in [3.63, 3.8) is 0 Å². The Balaban J connectivity index is 1.66. The Labute approximate surface area is 163 Å². The van der Waals surface area contributed by atoms with Crippen LogP contribution in [0.4, 0.5) is 0 Å². The normalized spacial score (nSPS) is 16.2. The first kappa shape index (κ1) is 19.4. The lowest BCUT2D eigenvalue weighted by molar-refractivity contribution is 0.0955. The average Bonchev–Trinajstić information content (AvgIpc) is 2.97. The van der Waals surface area contributed by atoms with Gasteiger partial charge in [-0.1, -0.05) is 36.6 Å². The van der Waals surface area contributed by atoms with Gasteiger partial charge in [0.15, 0.2) is 0 Å². The number of nitrogens with one attached hydrogen (secondary N) is 1. The van der Waals surface area contributed by atoms with Gasteiger partial charge in [0.25, 0.3) is 15.9 Å². The lowest BCUT2D eigenvalue weighted by atomic mass is 10.2. The highest BCUT2D eigenvalue weighted by Crippen LogP contribution is 2.27. The van der Waals surface area contributed by atoms with E-state index in [1.807, 2.05) is 12.1 Å². The van der Waals surface area contributed by atoms with Gasteiger partial charge in [0, 0.05) is 24.7 Å². The molecule has 0 radical (unpaired) electrons. The summed E-state index contributed by atoms with van der Waals surface area (Å²) in [5.74, 6) is -0.276. The van der Waals surface area contributed by atoms with E-state index in [9.17, 15) is 13.2 Å². The molecule has 140 valence electrons. The predicted octanol–water partition coefficient (Wildman–Crippen LogP) is 3.90. The molecule has 5 nitrogen and oxygen atoms in total. The molecule has 1 aromatic carbocycles. The zero-order valence-corrected chi connectivity index (χ0v) is 16.7. The van der Waals surface area contributed by atoms with E-state index in [1.165, 1.54) is 6.07 Å². The van der Waals surface area contributed by atoms with Crippen molar-refractivity contribution < 1.29 is 13.2 Å². The molecule has 3 rings (SSSR count). The number of hydrogen-bond donors (Lipinski definition) is 1. The molecule has 1 fully saturated rings. The highest BCUT2D eigenvalue weighted by molar-refractivity contribution is 7.91. The van der Waals surface area contributed by atoms with Crippen molar-refractivity contribution in [3.8, 4) is 0 Å². The molecule has 1 N–H and O–H groups in total. The number of halogens is 1. The number of hydrogen-bond acceptors (Lipinski definition) is 4. The van der Waals surface area contributed by atoms with Crippen molar-refractivity contribution in [1.29, 1.82) is 0 Å². The van der Waals surface area contributed by atoms with E-state index < -0.39 is 10.0 Å². The van der Waals surface area contributed by atoms with E-state index in [0.717, 1.165) is 42.6 Å². The third-order valence-electron chi connectivity index (χ3n) is 4.33. The number of thiophene rings is 1. The second-order valence-electron chi connectivity index (χ2n) is 6.25. The number of sulfonamides is 1. The van der Waals surface area contributed by atoms with Crippen LogP contribution in [0, 0.1) is 0 Å². The molecule has 0 spiro atoms. The van der Waals surface area contributed by atoms with Crippen LogP contribution < -0.4 is 5.32 Å². The maximum atomic E-state index is 12.8. The quantitative estimate of drug-likeness (QED) is 0.809. The summed E-state index contributed by atoms with van der Waals surface area (Å²) in [6.07, 6.45) is 3.90. The van der Waals surface area contributed by atoms with Crippen molar-refractivity contribution in [2.45, 2.75) is 36.4 Å². The molecule has 2 heterocycles. The highest BCUT2D eigenvalue weighted by atomic mass is 35.5. The fourth-order valence-electron chi connectivity index (χ4n) is 2.86. The lowest BCUT2D eigenvalue weighted by Gasteiger charge is -2.18. The van der Waals surface area contributed by atoms with Crippen LogP contribution >= 0.6 is 22.9 Å². The minimum atomic E-state index is -3.51. The van der Waals surface area contributed by atoms with Gasteiger partial charge in [0.2, 0.25) is 0 Å². The maximum Gasteiger partial charge on any atom is 0.261 e. The van der Waals surface area contributed by atoms with Crippen LogP contribution in [-0.2, 0) is 16.6 Å². The van der Waals surface area contributed by atoms with Crippen LogP contribution in [0.15, 0.2) is 40.6 Å². The molecule has 8 heteroatoms. The van der Waals surface area contributed by atoms with E-state index >= 15 is 0 Å². The van der Waals surface area contributed by atoms with E-state index in [0.29, 0.717) is 29.5 Å². The SMILES string of the molecule is O=C(NCc1ccc(Cl)cc1)c1ccc(S(=O)(=O)N2CCCCCC2)s1. The largest absolute Gasteiger partial charge is 0.347 e. The number of nitrogens with zero attached hydrogens (tertiary/aromatic N) is 1. The van der Waals surface area contributed by atoms with Gasteiger partial charge in [-0.15, -0.1) is 11.3 Å². The summed E-state index contributed by atoms with van der Waals surface area (Å²) in [5, 5.41) is 3.45. The van der Waals surface area contributed by atoms with Gasteiger partial charge in [0.1, 0.15) is 4.21 Å². The predicted molar refractivity (Wildman–Crippen MR) is 104 cm³/mol. The standard InChI is InChI=1S/C18H21ClN2O3S2/c19-15-7-5-14(6-8-15)13-20-18(22)16-9-10-17(25-16)26(23,24)21-11-3-1-2-4-12-21/h5-10H,1-4,11-13H2,(H,20,22). The highest BCUT2D eigenvalue weighted by Gasteiger charge is 2.27. The van der Waals surface area contributed by atoms with Gasteiger partial charge >= 0.3 is 0 Å². The molecule has 0 atom stereocenters. The van der Waals surface area contributed by atoms with Crippen LogP contribution in [0.25, 0.3) is 0 Å². The van der Waals surface area contributed by atoms with Crippen LogP contribution in [0.5, 0.6) is 0 Å². The Morgan fingerprint density at radius 1 is 1.04 bits per heavy atom. The molecule has 0 aliphatic carbocycles. The number of benzene rings is 1. The smallest absolute Gasteiger partial charge is 0.261 e. The van der Waals surface area contributed by atoms with Gasteiger partial charge in [-0.25, -0.2) is 8.42 Å². The average molecular weight is 413 g/mol. The molecule has 1 saturated heterocycles. The summed E-state index contributed by atoms with van der Waals surface area (Å²) in [4.78, 5) is 12.7. The fourth-order valence-corrected chi connectivity index (χ4v) is 5.88. The molecule has 0 bridgehead atoms. The van der Waals surface area contributed by atoms with Gasteiger partial charge in [-0.2, -0.15) is 4.31 Å². The van der Waals surface area contributed by atoms with Crippen LogP contribution in [0.1, 0.15) is 40.9 Å². The zero-order valence-electron chi connectivity index (χ0n) is 14.3. The Bertz CT molecular complexity index is 855. The van der Waals surface area contributed by atoms with Gasteiger partial charge in [0.05, 0.1) is 4.88 Å². The van der Waals surface area contributed by atoms with E-state index in [-0.39, 0.29) is 10.1 Å². The van der Waals surface area contributed by atoms with Crippen LogP contribution in [0.3, 0.4) is 0 Å². The molecule has 26 heavy (non-hydrogen) atoms. The van der Waals surface area contributed by atoms with Crippen molar-refractivity contribution in [3.05, 3.63) is 51.9 Å². The van der Waals surface area contributed by atoms with Crippen molar-refractivity contribution in [2.75, 3.05) is 13.1 Å². The van der Waals surface area contributed by atoms with Gasteiger partial charge in [-0.05, 0) is 42.7 Å². The number of carbonyl (C=O) groups excluding carboxylic acids is 1. The number of amides is 1. The Kier molecular flexibility index (Phi) is 6.34. The fraction of sp³-hybridized carbons (Fsp3) is 0.389. The first-order valence-corrected chi connectivity index (χ1v) is 11.2. The molecule has 1 aromatic heterocycles. The number of rotatable bonds is 5. The third-order valence-corrected chi connectivity index (χ3v) is 8.03. The van der Waals surface area contributed by atoms with E-state index in [4.69, 9.17) is 11.6 Å². The van der Waals surface area contributed by atoms with Gasteiger partial charge < -0.3 is 5.32 Å². The van der Waals surface area contributed by atoms with Crippen LogP contribution in [-0.4, -0.2) is 31.7 Å². The Morgan fingerprint density at radius 2 is 1.69 bits per heavy atom. The van der Waals surface area contributed by atoms with E-state index in [1.54, 1.807) is 22.5 Å².